The van der Waals surface area contributed by atoms with Gasteiger partial charge in [0.2, 0.25) is 0 Å². The first-order chi connectivity index (χ1) is 12.8. The van der Waals surface area contributed by atoms with Crippen molar-refractivity contribution >= 4 is 22.5 Å². The average molecular weight is 383 g/mol. The van der Waals surface area contributed by atoms with Gasteiger partial charge in [-0.05, 0) is 24.3 Å². The predicted octanol–water partition coefficient (Wildman–Crippen LogP) is 4.51. The molecule has 0 bridgehead atoms. The highest BCUT2D eigenvalue weighted by Crippen LogP contribution is 2.29. The van der Waals surface area contributed by atoms with Crippen molar-refractivity contribution in [2.75, 3.05) is 23.7 Å². The predicted molar refractivity (Wildman–Crippen MR) is 90.7 cm³/mol. The molecule has 0 saturated carbocycles. The SMILES string of the molecule is FC(F)c1nc(NCCNc2ccc(C(F)(F)F)cn2)c2ccccc2n1. The van der Waals surface area contributed by atoms with Gasteiger partial charge in [-0.3, -0.25) is 0 Å². The topological polar surface area (TPSA) is 62.7 Å². The van der Waals surface area contributed by atoms with Crippen LogP contribution in [0.15, 0.2) is 42.6 Å². The Morgan fingerprint density at radius 3 is 2.33 bits per heavy atom. The number of aromatic nitrogens is 3. The van der Waals surface area contributed by atoms with E-state index in [1.54, 1.807) is 24.3 Å². The molecule has 3 aromatic rings. The van der Waals surface area contributed by atoms with Crippen molar-refractivity contribution in [1.82, 2.24) is 15.0 Å². The van der Waals surface area contributed by atoms with Gasteiger partial charge in [-0.2, -0.15) is 13.2 Å². The third-order valence-corrected chi connectivity index (χ3v) is 3.63. The van der Waals surface area contributed by atoms with Gasteiger partial charge >= 0.3 is 6.18 Å². The number of anilines is 2. The number of nitrogens with zero attached hydrogens (tertiary/aromatic N) is 3. The fourth-order valence-corrected chi connectivity index (χ4v) is 2.36. The minimum Gasteiger partial charge on any atom is -0.368 e. The summed E-state index contributed by atoms with van der Waals surface area (Å²) in [6.45, 7) is 0.576. The highest BCUT2D eigenvalue weighted by molar-refractivity contribution is 5.89. The molecule has 10 heteroatoms. The van der Waals surface area contributed by atoms with Crippen LogP contribution in [0.2, 0.25) is 0 Å². The summed E-state index contributed by atoms with van der Waals surface area (Å²) in [6.07, 6.45) is -6.50. The number of rotatable bonds is 6. The maximum Gasteiger partial charge on any atom is 0.417 e. The van der Waals surface area contributed by atoms with Crippen LogP contribution in [0.3, 0.4) is 0 Å². The van der Waals surface area contributed by atoms with Crippen molar-refractivity contribution in [2.24, 2.45) is 0 Å². The van der Waals surface area contributed by atoms with Gasteiger partial charge < -0.3 is 10.6 Å². The molecule has 3 rings (SSSR count). The Morgan fingerprint density at radius 1 is 0.926 bits per heavy atom. The second-order valence-corrected chi connectivity index (χ2v) is 5.53. The zero-order valence-electron chi connectivity index (χ0n) is 13.8. The fourth-order valence-electron chi connectivity index (χ4n) is 2.36. The lowest BCUT2D eigenvalue weighted by Gasteiger charge is -2.12. The molecule has 1 aromatic carbocycles. The highest BCUT2D eigenvalue weighted by Gasteiger charge is 2.30. The van der Waals surface area contributed by atoms with Crippen LogP contribution in [0.5, 0.6) is 0 Å². The van der Waals surface area contributed by atoms with Crippen molar-refractivity contribution in [3.8, 4) is 0 Å². The van der Waals surface area contributed by atoms with Gasteiger partial charge in [-0.15, -0.1) is 0 Å². The summed E-state index contributed by atoms with van der Waals surface area (Å²) < 4.78 is 63.4. The number of hydrogen-bond donors (Lipinski definition) is 2. The zero-order valence-corrected chi connectivity index (χ0v) is 13.8. The van der Waals surface area contributed by atoms with E-state index in [4.69, 9.17) is 0 Å². The van der Waals surface area contributed by atoms with Gasteiger partial charge in [-0.25, -0.2) is 23.7 Å². The Bertz CT molecular complexity index is 912. The molecule has 2 heterocycles. The van der Waals surface area contributed by atoms with Crippen molar-refractivity contribution in [3.63, 3.8) is 0 Å². The molecular weight excluding hydrogens is 369 g/mol. The monoisotopic (exact) mass is 383 g/mol. The number of pyridine rings is 1. The van der Waals surface area contributed by atoms with Crippen LogP contribution in [-0.4, -0.2) is 28.0 Å². The minimum absolute atomic E-state index is 0.262. The van der Waals surface area contributed by atoms with Crippen molar-refractivity contribution in [1.29, 1.82) is 0 Å². The smallest absolute Gasteiger partial charge is 0.368 e. The number of hydrogen-bond acceptors (Lipinski definition) is 5. The third kappa shape index (κ3) is 4.57. The van der Waals surface area contributed by atoms with E-state index in [9.17, 15) is 22.0 Å². The molecule has 0 radical (unpaired) electrons. The van der Waals surface area contributed by atoms with Gasteiger partial charge in [-0.1, -0.05) is 12.1 Å². The number of halogens is 5. The largest absolute Gasteiger partial charge is 0.417 e. The lowest BCUT2D eigenvalue weighted by molar-refractivity contribution is -0.137. The molecule has 0 aliphatic heterocycles. The van der Waals surface area contributed by atoms with Crippen LogP contribution in [0.25, 0.3) is 10.9 Å². The summed E-state index contributed by atoms with van der Waals surface area (Å²) in [5.74, 6) is -0.0442. The molecule has 0 fully saturated rings. The van der Waals surface area contributed by atoms with E-state index in [1.807, 2.05) is 0 Å². The Kier molecular flexibility index (Phi) is 5.33. The molecule has 0 spiro atoms. The standard InChI is InChI=1S/C17H14F5N5/c18-14(19)16-26-12-4-2-1-3-11(12)15(27-16)24-8-7-23-13-6-5-10(9-25-13)17(20,21)22/h1-6,9,14H,7-8H2,(H,23,25)(H,24,26,27). The van der Waals surface area contributed by atoms with Gasteiger partial charge in [0.15, 0.2) is 5.82 Å². The molecule has 5 nitrogen and oxygen atoms in total. The van der Waals surface area contributed by atoms with Crippen LogP contribution in [0.4, 0.5) is 33.6 Å². The van der Waals surface area contributed by atoms with Crippen LogP contribution in [0, 0.1) is 0 Å². The lowest BCUT2D eigenvalue weighted by Crippen LogP contribution is -2.16. The van der Waals surface area contributed by atoms with E-state index in [-0.39, 0.29) is 18.2 Å². The van der Waals surface area contributed by atoms with Crippen LogP contribution >= 0.6 is 0 Å². The molecule has 0 amide bonds. The molecule has 0 saturated heterocycles. The van der Waals surface area contributed by atoms with E-state index in [0.717, 1.165) is 12.3 Å². The highest BCUT2D eigenvalue weighted by atomic mass is 19.4. The van der Waals surface area contributed by atoms with E-state index in [1.165, 1.54) is 6.07 Å². The van der Waals surface area contributed by atoms with Crippen molar-refractivity contribution in [2.45, 2.75) is 12.6 Å². The molecule has 0 atom stereocenters. The Morgan fingerprint density at radius 2 is 1.67 bits per heavy atom. The van der Waals surface area contributed by atoms with Gasteiger partial charge in [0.25, 0.3) is 6.43 Å². The number of alkyl halides is 5. The van der Waals surface area contributed by atoms with E-state index in [2.05, 4.69) is 25.6 Å². The third-order valence-electron chi connectivity index (χ3n) is 3.63. The first-order valence-electron chi connectivity index (χ1n) is 7.90. The van der Waals surface area contributed by atoms with Crippen LogP contribution < -0.4 is 10.6 Å². The van der Waals surface area contributed by atoms with Crippen LogP contribution in [0.1, 0.15) is 17.8 Å². The Labute approximate surface area is 150 Å². The molecular formula is C17H14F5N5. The first-order valence-corrected chi connectivity index (χ1v) is 7.90. The first kappa shape index (κ1) is 18.7. The lowest BCUT2D eigenvalue weighted by atomic mass is 10.2. The number of fused-ring (bicyclic) bond motifs is 1. The second kappa shape index (κ2) is 7.68. The second-order valence-electron chi connectivity index (χ2n) is 5.53. The summed E-state index contributed by atoms with van der Waals surface area (Å²) >= 11 is 0. The Hall–Kier alpha value is -3.04. The molecule has 142 valence electrons. The van der Waals surface area contributed by atoms with Gasteiger partial charge in [0.1, 0.15) is 11.6 Å². The summed E-state index contributed by atoms with van der Waals surface area (Å²) in [6, 6.07) is 8.89. The molecule has 27 heavy (non-hydrogen) atoms. The van der Waals surface area contributed by atoms with E-state index in [0.29, 0.717) is 17.4 Å². The summed E-state index contributed by atoms with van der Waals surface area (Å²) in [5.41, 5.74) is -0.444. The number of benzene rings is 1. The summed E-state index contributed by atoms with van der Waals surface area (Å²) in [4.78, 5) is 11.4. The summed E-state index contributed by atoms with van der Waals surface area (Å²) in [5, 5.41) is 6.37. The molecule has 0 aliphatic rings. The Balaban J connectivity index is 1.64. The van der Waals surface area contributed by atoms with Gasteiger partial charge in [0, 0.05) is 24.7 Å². The van der Waals surface area contributed by atoms with E-state index >= 15 is 0 Å². The summed E-state index contributed by atoms with van der Waals surface area (Å²) in [7, 11) is 0. The number of para-hydroxylation sites is 1. The average Bonchev–Trinajstić information content (AvgIpc) is 2.64. The van der Waals surface area contributed by atoms with Crippen LogP contribution in [-0.2, 0) is 6.18 Å². The quantitative estimate of drug-likeness (QED) is 0.485. The maximum absolute atomic E-state index is 12.9. The maximum atomic E-state index is 12.9. The normalized spacial score (nSPS) is 11.8. The minimum atomic E-state index is -4.44. The van der Waals surface area contributed by atoms with Gasteiger partial charge in [0.05, 0.1) is 11.1 Å². The van der Waals surface area contributed by atoms with E-state index < -0.39 is 24.0 Å². The molecule has 2 aromatic heterocycles. The van der Waals surface area contributed by atoms with Crippen molar-refractivity contribution < 1.29 is 22.0 Å². The molecule has 0 unspecified atom stereocenters. The fraction of sp³-hybridized carbons (Fsp3) is 0.235. The van der Waals surface area contributed by atoms with Crippen molar-refractivity contribution in [3.05, 3.63) is 54.0 Å². The number of nitrogens with one attached hydrogen (secondary N) is 2. The molecule has 0 aliphatic carbocycles. The zero-order chi connectivity index (χ0) is 19.4. The molecule has 2 N–H and O–H groups in total.